The third-order valence-corrected chi connectivity index (χ3v) is 15.2. The lowest BCUT2D eigenvalue weighted by Gasteiger charge is -2.49. The van der Waals surface area contributed by atoms with Gasteiger partial charge >= 0.3 is 5.97 Å². The molecule has 2 saturated heterocycles. The van der Waals surface area contributed by atoms with E-state index in [2.05, 4.69) is 39.2 Å². The molecule has 2 aliphatic rings. The minimum Gasteiger partial charge on any atom is -0.454 e. The average molecular weight is 810 g/mol. The highest BCUT2D eigenvalue weighted by atomic mass is 28.4. The molecule has 0 bridgehead atoms. The number of nitrogens with one attached hydrogen (secondary N) is 1. The maximum Gasteiger partial charge on any atom is 0.303 e. The normalized spacial score (nSPS) is 28.1. The van der Waals surface area contributed by atoms with Crippen LogP contribution in [-0.2, 0) is 67.0 Å². The SMILES string of the molecule is CC(=O)N[C@H]1[C@H](OCc2ccccc2)O[C@H](CO)[C@@H](O)[C@@H]1O[C@@H]1O[C@H](CO[Si](C)(C)C(C)(C)C)[C@@H](OCc2ccccc2)[C@H](OCc2ccccc2)[C@H]1OC(C)=O. The van der Waals surface area contributed by atoms with Crippen molar-refractivity contribution in [3.63, 3.8) is 0 Å². The predicted octanol–water partition coefficient (Wildman–Crippen LogP) is 5.02. The van der Waals surface area contributed by atoms with Gasteiger partial charge in [0.2, 0.25) is 5.91 Å². The maximum absolute atomic E-state index is 12.9. The summed E-state index contributed by atoms with van der Waals surface area (Å²) in [6.45, 7) is 13.2. The van der Waals surface area contributed by atoms with Crippen LogP contribution >= 0.6 is 0 Å². The van der Waals surface area contributed by atoms with E-state index in [1.807, 2.05) is 91.0 Å². The lowest BCUT2D eigenvalue weighted by Crippen LogP contribution is -2.68. The Hall–Kier alpha value is -3.54. The van der Waals surface area contributed by atoms with Gasteiger partial charge in [0.25, 0.3) is 0 Å². The largest absolute Gasteiger partial charge is 0.454 e. The lowest BCUT2D eigenvalue weighted by molar-refractivity contribution is -0.353. The van der Waals surface area contributed by atoms with E-state index in [4.69, 9.17) is 37.6 Å². The second-order valence-electron chi connectivity index (χ2n) is 16.1. The molecule has 10 atom stereocenters. The molecule has 13 nitrogen and oxygen atoms in total. The van der Waals surface area contributed by atoms with Crippen LogP contribution in [0.15, 0.2) is 91.0 Å². The standard InChI is InChI=1S/C43H59NO12Si/c1-28(46)44-35-38(36(48)33(23-45)54-41(35)51-26-32-21-15-10-16-22-32)56-42-40(53-29(2)47)39(50-25-31-19-13-9-14-20-31)37(49-24-30-17-11-8-12-18-30)34(55-42)27-52-57(6,7)43(3,4)5/h8-22,33-42,45,48H,23-27H2,1-7H3,(H,44,46)/t33-,34-,35-,36-,37-,38-,39+,40-,41-,42+/m1/s1. The number of hydrogen-bond acceptors (Lipinski definition) is 12. The summed E-state index contributed by atoms with van der Waals surface area (Å²) in [5, 5.41) is 24.8. The zero-order valence-electron chi connectivity index (χ0n) is 33.9. The van der Waals surface area contributed by atoms with Gasteiger partial charge in [-0.25, -0.2) is 0 Å². The number of aliphatic hydroxyl groups excluding tert-OH is 2. The van der Waals surface area contributed by atoms with Crippen LogP contribution in [0.5, 0.6) is 0 Å². The molecule has 2 fully saturated rings. The fourth-order valence-corrected chi connectivity index (χ4v) is 7.55. The van der Waals surface area contributed by atoms with E-state index >= 15 is 0 Å². The maximum atomic E-state index is 12.9. The monoisotopic (exact) mass is 809 g/mol. The van der Waals surface area contributed by atoms with E-state index in [1.165, 1.54) is 13.8 Å². The topological polar surface area (TPSA) is 160 Å². The van der Waals surface area contributed by atoms with Crippen molar-refractivity contribution in [2.75, 3.05) is 13.2 Å². The summed E-state index contributed by atoms with van der Waals surface area (Å²) in [7, 11) is -2.36. The van der Waals surface area contributed by atoms with Gasteiger partial charge in [0.05, 0.1) is 33.0 Å². The van der Waals surface area contributed by atoms with Crippen LogP contribution in [0.25, 0.3) is 0 Å². The van der Waals surface area contributed by atoms with Crippen molar-refractivity contribution in [1.82, 2.24) is 5.32 Å². The first-order valence-electron chi connectivity index (χ1n) is 19.5. The highest BCUT2D eigenvalue weighted by Crippen LogP contribution is 2.39. The summed E-state index contributed by atoms with van der Waals surface area (Å²) in [6.07, 6.45) is -10.4. The van der Waals surface area contributed by atoms with Crippen molar-refractivity contribution < 1.29 is 57.4 Å². The Morgan fingerprint density at radius 1 is 0.702 bits per heavy atom. The first-order valence-corrected chi connectivity index (χ1v) is 22.4. The van der Waals surface area contributed by atoms with Crippen molar-refractivity contribution in [3.05, 3.63) is 108 Å². The number of aliphatic hydroxyl groups is 2. The molecule has 0 unspecified atom stereocenters. The first kappa shape index (κ1) is 44.6. The number of ether oxygens (including phenoxy) is 7. The van der Waals surface area contributed by atoms with Gasteiger partial charge in [-0.3, -0.25) is 9.59 Å². The van der Waals surface area contributed by atoms with E-state index < -0.39 is 88.2 Å². The molecule has 3 aromatic carbocycles. The molecule has 0 aliphatic carbocycles. The van der Waals surface area contributed by atoms with E-state index in [0.717, 1.165) is 16.7 Å². The van der Waals surface area contributed by atoms with Gasteiger partial charge in [-0.1, -0.05) is 112 Å². The van der Waals surface area contributed by atoms with Crippen LogP contribution in [0.2, 0.25) is 18.1 Å². The molecular weight excluding hydrogens is 751 g/mol. The summed E-state index contributed by atoms with van der Waals surface area (Å²) in [6, 6.07) is 27.5. The second kappa shape index (κ2) is 20.4. The molecule has 5 rings (SSSR count). The Kier molecular flexibility index (Phi) is 16.0. The van der Waals surface area contributed by atoms with Crippen molar-refractivity contribution in [2.24, 2.45) is 0 Å². The van der Waals surface area contributed by atoms with E-state index in [9.17, 15) is 19.8 Å². The number of carbonyl (C=O) groups excluding carboxylic acids is 2. The molecule has 0 saturated carbocycles. The highest BCUT2D eigenvalue weighted by molar-refractivity contribution is 6.74. The molecule has 3 N–H and O–H groups in total. The van der Waals surface area contributed by atoms with Gasteiger partial charge in [-0.05, 0) is 34.8 Å². The minimum absolute atomic E-state index is 0.0847. The Morgan fingerprint density at radius 3 is 1.67 bits per heavy atom. The van der Waals surface area contributed by atoms with Gasteiger partial charge in [-0.2, -0.15) is 0 Å². The third kappa shape index (κ3) is 12.2. The Balaban J connectivity index is 1.54. The molecule has 3 aromatic rings. The predicted molar refractivity (Wildman–Crippen MR) is 213 cm³/mol. The van der Waals surface area contributed by atoms with Gasteiger partial charge in [0.15, 0.2) is 27.0 Å². The van der Waals surface area contributed by atoms with Crippen LogP contribution in [0.3, 0.4) is 0 Å². The number of hydrogen-bond donors (Lipinski definition) is 3. The van der Waals surface area contributed by atoms with E-state index in [1.54, 1.807) is 0 Å². The Labute approximate surface area is 337 Å². The van der Waals surface area contributed by atoms with Crippen LogP contribution in [-0.4, -0.2) is 105 Å². The van der Waals surface area contributed by atoms with E-state index in [0.29, 0.717) is 0 Å². The Bertz CT molecular complexity index is 1680. The number of amides is 1. The van der Waals surface area contributed by atoms with Crippen molar-refractivity contribution in [1.29, 1.82) is 0 Å². The summed E-state index contributed by atoms with van der Waals surface area (Å²) < 4.78 is 51.7. The van der Waals surface area contributed by atoms with Gasteiger partial charge < -0.3 is 53.1 Å². The van der Waals surface area contributed by atoms with Crippen LogP contribution in [0.1, 0.15) is 51.3 Å². The molecule has 1 amide bonds. The van der Waals surface area contributed by atoms with Gasteiger partial charge in [0.1, 0.15) is 42.7 Å². The molecule has 2 aliphatic heterocycles. The second-order valence-corrected chi connectivity index (χ2v) is 20.9. The number of rotatable bonds is 17. The summed E-state index contributed by atoms with van der Waals surface area (Å²) in [4.78, 5) is 25.6. The molecule has 2 heterocycles. The molecule has 312 valence electrons. The number of esters is 1. The zero-order valence-corrected chi connectivity index (χ0v) is 34.9. The molecule has 14 heteroatoms. The minimum atomic E-state index is -2.36. The molecule has 0 spiro atoms. The molecule has 0 radical (unpaired) electrons. The first-order chi connectivity index (χ1) is 27.2. The van der Waals surface area contributed by atoms with Crippen molar-refractivity contribution >= 4 is 20.2 Å². The van der Waals surface area contributed by atoms with Gasteiger partial charge in [-0.15, -0.1) is 0 Å². The van der Waals surface area contributed by atoms with Crippen LogP contribution in [0, 0.1) is 0 Å². The van der Waals surface area contributed by atoms with Crippen LogP contribution in [0.4, 0.5) is 0 Å². The summed E-state index contributed by atoms with van der Waals surface area (Å²) in [5.74, 6) is -1.08. The number of carbonyl (C=O) groups is 2. The fraction of sp³-hybridized carbons (Fsp3) is 0.535. The summed E-state index contributed by atoms with van der Waals surface area (Å²) >= 11 is 0. The fourth-order valence-electron chi connectivity index (χ4n) is 6.54. The Morgan fingerprint density at radius 2 is 1.19 bits per heavy atom. The average Bonchev–Trinajstić information content (AvgIpc) is 3.18. The quantitative estimate of drug-likeness (QED) is 0.124. The van der Waals surface area contributed by atoms with E-state index in [-0.39, 0.29) is 31.5 Å². The number of benzene rings is 3. The molecule has 0 aromatic heterocycles. The third-order valence-electron chi connectivity index (χ3n) is 10.7. The van der Waals surface area contributed by atoms with Crippen LogP contribution < -0.4 is 5.32 Å². The molecule has 57 heavy (non-hydrogen) atoms. The van der Waals surface area contributed by atoms with Gasteiger partial charge in [0, 0.05) is 13.8 Å². The summed E-state index contributed by atoms with van der Waals surface area (Å²) in [5.41, 5.74) is 2.61. The zero-order chi connectivity index (χ0) is 41.2. The van der Waals surface area contributed by atoms with Crippen molar-refractivity contribution in [3.8, 4) is 0 Å². The lowest BCUT2D eigenvalue weighted by atomic mass is 9.95. The van der Waals surface area contributed by atoms with Crippen molar-refractivity contribution in [2.45, 2.75) is 134 Å². The smallest absolute Gasteiger partial charge is 0.303 e. The molecular formula is C43H59NO12Si. The highest BCUT2D eigenvalue weighted by Gasteiger charge is 2.55.